The van der Waals surface area contributed by atoms with Gasteiger partial charge in [-0.25, -0.2) is 0 Å². The van der Waals surface area contributed by atoms with Gasteiger partial charge in [-0.05, 0) is 38.5 Å². The van der Waals surface area contributed by atoms with Crippen LogP contribution < -0.4 is 5.32 Å². The molecule has 1 heterocycles. The summed E-state index contributed by atoms with van der Waals surface area (Å²) in [5, 5.41) is 3.73. The second kappa shape index (κ2) is 7.25. The molecule has 0 aromatic heterocycles. The van der Waals surface area contributed by atoms with Crippen LogP contribution in [0.5, 0.6) is 0 Å². The summed E-state index contributed by atoms with van der Waals surface area (Å²) in [5.41, 5.74) is 1.05. The molecule has 1 aliphatic rings. The number of ether oxygens (including phenoxy) is 1. The highest BCUT2D eigenvalue weighted by Gasteiger charge is 2.24. The number of hydrogen-bond acceptors (Lipinski definition) is 3. The quantitative estimate of drug-likeness (QED) is 0.929. The SMILES string of the molecule is C[C@H](NC(=O)CN1C[C@H](C)O[C@@H](C)C1)c1ccc(Cl)cc1. The smallest absolute Gasteiger partial charge is 0.234 e. The van der Waals surface area contributed by atoms with E-state index < -0.39 is 0 Å². The van der Waals surface area contributed by atoms with E-state index in [1.54, 1.807) is 0 Å². The Kier molecular flexibility index (Phi) is 5.62. The average molecular weight is 311 g/mol. The fourth-order valence-electron chi connectivity index (χ4n) is 2.74. The Morgan fingerprint density at radius 2 is 1.90 bits per heavy atom. The van der Waals surface area contributed by atoms with Crippen molar-refractivity contribution >= 4 is 17.5 Å². The van der Waals surface area contributed by atoms with Crippen molar-refractivity contribution in [3.63, 3.8) is 0 Å². The molecule has 1 amide bonds. The predicted octanol–water partition coefficient (Wildman–Crippen LogP) is 2.63. The van der Waals surface area contributed by atoms with Gasteiger partial charge in [-0.2, -0.15) is 0 Å². The van der Waals surface area contributed by atoms with Crippen molar-refractivity contribution < 1.29 is 9.53 Å². The van der Waals surface area contributed by atoms with Crippen molar-refractivity contribution in [3.8, 4) is 0 Å². The third-order valence-electron chi connectivity index (χ3n) is 3.61. The van der Waals surface area contributed by atoms with Gasteiger partial charge >= 0.3 is 0 Å². The molecule has 1 aromatic rings. The molecule has 1 aliphatic heterocycles. The van der Waals surface area contributed by atoms with Crippen LogP contribution in [0.1, 0.15) is 32.4 Å². The van der Waals surface area contributed by atoms with Crippen LogP contribution in [0, 0.1) is 0 Å². The van der Waals surface area contributed by atoms with Crippen LogP contribution in [0.4, 0.5) is 0 Å². The molecule has 1 fully saturated rings. The number of halogens is 1. The Hall–Kier alpha value is -1.10. The monoisotopic (exact) mass is 310 g/mol. The van der Waals surface area contributed by atoms with Crippen molar-refractivity contribution in [2.24, 2.45) is 0 Å². The van der Waals surface area contributed by atoms with Gasteiger partial charge in [0.25, 0.3) is 0 Å². The largest absolute Gasteiger partial charge is 0.373 e. The lowest BCUT2D eigenvalue weighted by atomic mass is 10.1. The van der Waals surface area contributed by atoms with Crippen LogP contribution in [0.25, 0.3) is 0 Å². The van der Waals surface area contributed by atoms with Crippen LogP contribution >= 0.6 is 11.6 Å². The number of amides is 1. The van der Waals surface area contributed by atoms with Crippen LogP contribution in [0.15, 0.2) is 24.3 Å². The van der Waals surface area contributed by atoms with Crippen LogP contribution in [0.2, 0.25) is 5.02 Å². The molecule has 116 valence electrons. The van der Waals surface area contributed by atoms with E-state index in [1.807, 2.05) is 45.0 Å². The minimum absolute atomic E-state index is 0.0225. The summed E-state index contributed by atoms with van der Waals surface area (Å²) in [6.45, 7) is 8.07. The fraction of sp³-hybridized carbons (Fsp3) is 0.562. The lowest BCUT2D eigenvalue weighted by Crippen LogP contribution is -2.49. The first-order valence-corrected chi connectivity index (χ1v) is 7.74. The van der Waals surface area contributed by atoms with Gasteiger partial charge in [-0.3, -0.25) is 9.69 Å². The number of nitrogens with one attached hydrogen (secondary N) is 1. The Bertz CT molecular complexity index is 468. The molecule has 4 nitrogen and oxygen atoms in total. The first-order chi connectivity index (χ1) is 9.94. The average Bonchev–Trinajstić information content (AvgIpc) is 2.37. The van der Waals surface area contributed by atoms with Gasteiger partial charge in [0, 0.05) is 18.1 Å². The highest BCUT2D eigenvalue weighted by molar-refractivity contribution is 6.30. The fourth-order valence-corrected chi connectivity index (χ4v) is 2.86. The topological polar surface area (TPSA) is 41.6 Å². The van der Waals surface area contributed by atoms with E-state index in [0.29, 0.717) is 11.6 Å². The Balaban J connectivity index is 1.85. The molecule has 1 saturated heterocycles. The summed E-state index contributed by atoms with van der Waals surface area (Å²) in [5.74, 6) is 0.0405. The Morgan fingerprint density at radius 3 is 2.48 bits per heavy atom. The van der Waals surface area contributed by atoms with Crippen LogP contribution in [-0.4, -0.2) is 42.6 Å². The van der Waals surface area contributed by atoms with Gasteiger partial charge in [-0.1, -0.05) is 23.7 Å². The maximum Gasteiger partial charge on any atom is 0.234 e. The van der Waals surface area contributed by atoms with E-state index in [-0.39, 0.29) is 24.2 Å². The standard InChI is InChI=1S/C16H23ClN2O2/c1-11-8-19(9-12(2)21-11)10-16(20)18-13(3)14-4-6-15(17)7-5-14/h4-7,11-13H,8-10H2,1-3H3,(H,18,20)/t11-,12-,13-/m0/s1. The van der Waals surface area contributed by atoms with Crippen LogP contribution in [-0.2, 0) is 9.53 Å². The molecule has 1 N–H and O–H groups in total. The molecular weight excluding hydrogens is 288 g/mol. The maximum absolute atomic E-state index is 12.2. The van der Waals surface area contributed by atoms with Gasteiger partial charge < -0.3 is 10.1 Å². The van der Waals surface area contributed by atoms with Crippen LogP contribution in [0.3, 0.4) is 0 Å². The molecule has 0 bridgehead atoms. The molecule has 0 saturated carbocycles. The molecular formula is C16H23ClN2O2. The lowest BCUT2D eigenvalue weighted by Gasteiger charge is -2.35. The molecule has 0 aliphatic carbocycles. The zero-order valence-electron chi connectivity index (χ0n) is 12.8. The van der Waals surface area contributed by atoms with E-state index in [1.165, 1.54) is 0 Å². The number of morpholine rings is 1. The van der Waals surface area contributed by atoms with E-state index in [2.05, 4.69) is 10.2 Å². The van der Waals surface area contributed by atoms with Crippen molar-refractivity contribution in [2.45, 2.75) is 39.0 Å². The number of benzene rings is 1. The Labute approximate surface area is 131 Å². The Morgan fingerprint density at radius 1 is 1.33 bits per heavy atom. The summed E-state index contributed by atoms with van der Waals surface area (Å²) in [6.07, 6.45) is 0.352. The third kappa shape index (κ3) is 4.99. The summed E-state index contributed by atoms with van der Waals surface area (Å²) in [4.78, 5) is 14.3. The summed E-state index contributed by atoms with van der Waals surface area (Å²) in [6, 6.07) is 7.53. The number of rotatable bonds is 4. The molecule has 21 heavy (non-hydrogen) atoms. The molecule has 0 radical (unpaired) electrons. The molecule has 1 aromatic carbocycles. The molecule has 0 spiro atoms. The second-order valence-electron chi connectivity index (χ2n) is 5.79. The molecule has 3 atom stereocenters. The van der Waals surface area contributed by atoms with Gasteiger partial charge in [0.15, 0.2) is 0 Å². The normalized spacial score (nSPS) is 24.6. The minimum atomic E-state index is -0.0225. The van der Waals surface area contributed by atoms with Gasteiger partial charge in [0.05, 0.1) is 24.8 Å². The zero-order valence-corrected chi connectivity index (χ0v) is 13.6. The van der Waals surface area contributed by atoms with Crippen molar-refractivity contribution in [1.82, 2.24) is 10.2 Å². The summed E-state index contributed by atoms with van der Waals surface area (Å²) < 4.78 is 5.67. The molecule has 5 heteroatoms. The molecule has 0 unspecified atom stereocenters. The highest BCUT2D eigenvalue weighted by atomic mass is 35.5. The first kappa shape index (κ1) is 16.3. The summed E-state index contributed by atoms with van der Waals surface area (Å²) >= 11 is 5.87. The van der Waals surface area contributed by atoms with Crippen molar-refractivity contribution in [2.75, 3.05) is 19.6 Å². The number of carbonyl (C=O) groups is 1. The lowest BCUT2D eigenvalue weighted by molar-refractivity contribution is -0.126. The highest BCUT2D eigenvalue weighted by Crippen LogP contribution is 2.16. The van der Waals surface area contributed by atoms with Gasteiger partial charge in [-0.15, -0.1) is 0 Å². The zero-order chi connectivity index (χ0) is 15.4. The van der Waals surface area contributed by atoms with Crippen molar-refractivity contribution in [3.05, 3.63) is 34.9 Å². The van der Waals surface area contributed by atoms with E-state index in [9.17, 15) is 4.79 Å². The second-order valence-corrected chi connectivity index (χ2v) is 6.23. The van der Waals surface area contributed by atoms with Crippen molar-refractivity contribution in [1.29, 1.82) is 0 Å². The van der Waals surface area contributed by atoms with E-state index >= 15 is 0 Å². The first-order valence-electron chi connectivity index (χ1n) is 7.36. The maximum atomic E-state index is 12.2. The van der Waals surface area contributed by atoms with E-state index in [4.69, 9.17) is 16.3 Å². The molecule has 2 rings (SSSR count). The van der Waals surface area contributed by atoms with E-state index in [0.717, 1.165) is 18.7 Å². The predicted molar refractivity (Wildman–Crippen MR) is 84.5 cm³/mol. The number of nitrogens with zero attached hydrogens (tertiary/aromatic N) is 1. The number of hydrogen-bond donors (Lipinski definition) is 1. The van der Waals surface area contributed by atoms with Gasteiger partial charge in [0.1, 0.15) is 0 Å². The summed E-state index contributed by atoms with van der Waals surface area (Å²) in [7, 11) is 0. The minimum Gasteiger partial charge on any atom is -0.373 e. The number of carbonyl (C=O) groups excluding carboxylic acids is 1. The third-order valence-corrected chi connectivity index (χ3v) is 3.86. The van der Waals surface area contributed by atoms with Gasteiger partial charge in [0.2, 0.25) is 5.91 Å².